The number of rotatable bonds is 1. The van der Waals surface area contributed by atoms with Crippen molar-refractivity contribution in [3.8, 4) is 0 Å². The van der Waals surface area contributed by atoms with Crippen molar-refractivity contribution in [2.75, 3.05) is 5.32 Å². The number of hydrazine groups is 1. The summed E-state index contributed by atoms with van der Waals surface area (Å²) in [5.41, 5.74) is 5.72. The number of para-hydroxylation sites is 1. The van der Waals surface area contributed by atoms with Crippen LogP contribution in [0.15, 0.2) is 29.2 Å². The average Bonchev–Trinajstić information content (AvgIpc) is 2.59. The van der Waals surface area contributed by atoms with Crippen molar-refractivity contribution in [3.63, 3.8) is 0 Å². The Morgan fingerprint density at radius 1 is 1.50 bits per heavy atom. The SMILES string of the molecule is NC(=O)N(N)C1Nc2ccccc2S1. The van der Waals surface area contributed by atoms with Gasteiger partial charge < -0.3 is 11.1 Å². The maximum absolute atomic E-state index is 10.8. The van der Waals surface area contributed by atoms with Gasteiger partial charge in [0.05, 0.1) is 5.69 Å². The molecular formula is C8H10N4OS. The van der Waals surface area contributed by atoms with E-state index in [0.717, 1.165) is 15.6 Å². The molecule has 6 heteroatoms. The first-order valence-corrected chi connectivity index (χ1v) is 4.92. The minimum atomic E-state index is -0.650. The van der Waals surface area contributed by atoms with Crippen molar-refractivity contribution >= 4 is 23.5 Å². The Kier molecular flexibility index (Phi) is 2.22. The van der Waals surface area contributed by atoms with Crippen LogP contribution < -0.4 is 16.9 Å². The van der Waals surface area contributed by atoms with Crippen molar-refractivity contribution in [2.24, 2.45) is 11.6 Å². The van der Waals surface area contributed by atoms with Crippen molar-refractivity contribution in [2.45, 2.75) is 10.4 Å². The Morgan fingerprint density at radius 2 is 2.21 bits per heavy atom. The summed E-state index contributed by atoms with van der Waals surface area (Å²) in [6, 6.07) is 7.09. The maximum Gasteiger partial charge on any atom is 0.331 e. The van der Waals surface area contributed by atoms with Crippen molar-refractivity contribution < 1.29 is 4.79 Å². The molecule has 1 aliphatic heterocycles. The fourth-order valence-electron chi connectivity index (χ4n) is 1.21. The zero-order valence-corrected chi connectivity index (χ0v) is 8.12. The largest absolute Gasteiger partial charge is 0.354 e. The second-order valence-electron chi connectivity index (χ2n) is 2.86. The highest BCUT2D eigenvalue weighted by atomic mass is 32.2. The molecule has 74 valence electrons. The topological polar surface area (TPSA) is 84.4 Å². The van der Waals surface area contributed by atoms with Gasteiger partial charge in [-0.3, -0.25) is 0 Å². The molecule has 2 amide bonds. The molecule has 14 heavy (non-hydrogen) atoms. The quantitative estimate of drug-likeness (QED) is 0.362. The summed E-state index contributed by atoms with van der Waals surface area (Å²) in [6.45, 7) is 0. The molecule has 2 rings (SSSR count). The predicted octanol–water partition coefficient (Wildman–Crippen LogP) is 0.742. The summed E-state index contributed by atoms with van der Waals surface area (Å²) in [5, 5.41) is 4.06. The third-order valence-electron chi connectivity index (χ3n) is 1.91. The van der Waals surface area contributed by atoms with Crippen LogP contribution in [0.1, 0.15) is 0 Å². The number of primary amides is 1. The first kappa shape index (κ1) is 9.17. The highest BCUT2D eigenvalue weighted by molar-refractivity contribution is 8.00. The number of nitrogens with two attached hydrogens (primary N) is 2. The summed E-state index contributed by atoms with van der Waals surface area (Å²) < 4.78 is 0. The van der Waals surface area contributed by atoms with Crippen molar-refractivity contribution in [1.82, 2.24) is 5.01 Å². The minimum Gasteiger partial charge on any atom is -0.354 e. The molecular weight excluding hydrogens is 200 g/mol. The highest BCUT2D eigenvalue weighted by Crippen LogP contribution is 2.38. The summed E-state index contributed by atoms with van der Waals surface area (Å²) in [5.74, 6) is 5.48. The smallest absolute Gasteiger partial charge is 0.331 e. The van der Waals surface area contributed by atoms with E-state index in [9.17, 15) is 4.79 Å². The summed E-state index contributed by atoms with van der Waals surface area (Å²) >= 11 is 1.46. The van der Waals surface area contributed by atoms with Crippen molar-refractivity contribution in [3.05, 3.63) is 24.3 Å². The number of hydrogen-bond acceptors (Lipinski definition) is 4. The Hall–Kier alpha value is -1.40. The molecule has 1 heterocycles. The monoisotopic (exact) mass is 210 g/mol. The van der Waals surface area contributed by atoms with Gasteiger partial charge in [-0.05, 0) is 12.1 Å². The third-order valence-corrected chi connectivity index (χ3v) is 3.09. The van der Waals surface area contributed by atoms with Crippen LogP contribution in [-0.2, 0) is 0 Å². The number of anilines is 1. The van der Waals surface area contributed by atoms with Gasteiger partial charge in [-0.1, -0.05) is 23.9 Å². The van der Waals surface area contributed by atoms with Gasteiger partial charge in [0.15, 0.2) is 5.50 Å². The Labute approximate surface area is 85.4 Å². The van der Waals surface area contributed by atoms with Crippen LogP contribution in [0.2, 0.25) is 0 Å². The van der Waals surface area contributed by atoms with Gasteiger partial charge in [-0.2, -0.15) is 0 Å². The number of urea groups is 1. The molecule has 1 atom stereocenters. The second-order valence-corrected chi connectivity index (χ2v) is 3.98. The fourth-order valence-corrected chi connectivity index (χ4v) is 2.27. The van der Waals surface area contributed by atoms with E-state index in [0.29, 0.717) is 0 Å². The van der Waals surface area contributed by atoms with Crippen LogP contribution in [0.3, 0.4) is 0 Å². The van der Waals surface area contributed by atoms with E-state index in [1.165, 1.54) is 11.8 Å². The first-order chi connectivity index (χ1) is 6.68. The molecule has 0 fully saturated rings. The Balaban J connectivity index is 2.15. The van der Waals surface area contributed by atoms with Crippen LogP contribution in [0.5, 0.6) is 0 Å². The van der Waals surface area contributed by atoms with Crippen LogP contribution in [0.4, 0.5) is 10.5 Å². The fraction of sp³-hybridized carbons (Fsp3) is 0.125. The van der Waals surface area contributed by atoms with Gasteiger partial charge in [-0.15, -0.1) is 0 Å². The number of thioether (sulfide) groups is 1. The molecule has 1 aliphatic rings. The lowest BCUT2D eigenvalue weighted by Gasteiger charge is -2.20. The molecule has 0 aromatic heterocycles. The molecule has 0 aliphatic carbocycles. The van der Waals surface area contributed by atoms with E-state index >= 15 is 0 Å². The summed E-state index contributed by atoms with van der Waals surface area (Å²) in [7, 11) is 0. The van der Waals surface area contributed by atoms with Crippen LogP contribution in [0.25, 0.3) is 0 Å². The molecule has 1 aromatic rings. The third kappa shape index (κ3) is 1.49. The van der Waals surface area contributed by atoms with E-state index < -0.39 is 6.03 Å². The van der Waals surface area contributed by atoms with Gasteiger partial charge in [0.25, 0.3) is 0 Å². The van der Waals surface area contributed by atoms with Crippen LogP contribution in [0, 0.1) is 0 Å². The summed E-state index contributed by atoms with van der Waals surface area (Å²) in [4.78, 5) is 11.9. The van der Waals surface area contributed by atoms with E-state index in [1.54, 1.807) is 0 Å². The van der Waals surface area contributed by atoms with Crippen LogP contribution >= 0.6 is 11.8 Å². The normalized spacial score (nSPS) is 18.5. The van der Waals surface area contributed by atoms with Crippen molar-refractivity contribution in [1.29, 1.82) is 0 Å². The molecule has 0 radical (unpaired) electrons. The van der Waals surface area contributed by atoms with E-state index in [4.69, 9.17) is 11.6 Å². The molecule has 0 saturated carbocycles. The number of carbonyl (C=O) groups excluding carboxylic acids is 1. The molecule has 1 aromatic carbocycles. The molecule has 0 bridgehead atoms. The number of benzene rings is 1. The molecule has 1 unspecified atom stereocenters. The average molecular weight is 210 g/mol. The van der Waals surface area contributed by atoms with Gasteiger partial charge in [0, 0.05) is 4.90 Å². The van der Waals surface area contributed by atoms with Gasteiger partial charge in [0.2, 0.25) is 0 Å². The molecule has 5 N–H and O–H groups in total. The van der Waals surface area contributed by atoms with Crippen LogP contribution in [-0.4, -0.2) is 16.5 Å². The zero-order valence-electron chi connectivity index (χ0n) is 7.31. The van der Waals surface area contributed by atoms with E-state index in [2.05, 4.69) is 5.32 Å². The molecule has 5 nitrogen and oxygen atoms in total. The lowest BCUT2D eigenvalue weighted by molar-refractivity contribution is 0.208. The molecule has 0 saturated heterocycles. The predicted molar refractivity (Wildman–Crippen MR) is 55.3 cm³/mol. The van der Waals surface area contributed by atoms with E-state index in [1.807, 2.05) is 24.3 Å². The summed E-state index contributed by atoms with van der Waals surface area (Å²) in [6.07, 6.45) is 0. The number of fused-ring (bicyclic) bond motifs is 1. The maximum atomic E-state index is 10.8. The first-order valence-electron chi connectivity index (χ1n) is 4.04. The van der Waals surface area contributed by atoms with E-state index in [-0.39, 0.29) is 5.50 Å². The number of amides is 2. The zero-order chi connectivity index (χ0) is 10.1. The molecule has 0 spiro atoms. The highest BCUT2D eigenvalue weighted by Gasteiger charge is 2.26. The van der Waals surface area contributed by atoms with Gasteiger partial charge in [-0.25, -0.2) is 15.6 Å². The van der Waals surface area contributed by atoms with Gasteiger partial charge in [0.1, 0.15) is 0 Å². The number of nitrogens with zero attached hydrogens (tertiary/aromatic N) is 1. The minimum absolute atomic E-state index is 0.315. The lowest BCUT2D eigenvalue weighted by atomic mass is 10.3. The standard InChI is InChI=1S/C8H10N4OS/c9-7(13)12(10)8-11-5-3-1-2-4-6(5)14-8/h1-4,8,11H,10H2,(H2,9,13). The van der Waals surface area contributed by atoms with Gasteiger partial charge >= 0.3 is 6.03 Å². The Morgan fingerprint density at radius 3 is 2.86 bits per heavy atom. The number of nitrogens with one attached hydrogen (secondary N) is 1. The second kappa shape index (κ2) is 3.39. The number of hydrogen-bond donors (Lipinski definition) is 3. The Bertz CT molecular complexity index is 345. The lowest BCUT2D eigenvalue weighted by Crippen LogP contribution is -2.49. The number of carbonyl (C=O) groups is 1.